The molecule has 0 saturated carbocycles. The van der Waals surface area contributed by atoms with Gasteiger partial charge in [-0.15, -0.1) is 0 Å². The molecular weight excluding hydrogens is 222 g/mol. The molecule has 0 saturated heterocycles. The van der Waals surface area contributed by atoms with Crippen LogP contribution in [0.25, 0.3) is 10.9 Å². The average Bonchev–Trinajstić information content (AvgIpc) is 2.28. The molecule has 0 atom stereocenters. The van der Waals surface area contributed by atoms with Crippen molar-refractivity contribution in [1.29, 1.82) is 0 Å². The second-order valence-corrected chi connectivity index (χ2v) is 4.58. The van der Waals surface area contributed by atoms with Gasteiger partial charge < -0.3 is 4.42 Å². The molecule has 1 heterocycles. The topological polar surface area (TPSA) is 43.1 Å². The van der Waals surface area contributed by atoms with E-state index in [0.29, 0.717) is 10.6 Å². The zero-order chi connectivity index (χ0) is 11.5. The van der Waals surface area contributed by atoms with Gasteiger partial charge in [0.2, 0.25) is 0 Å². The first-order chi connectivity index (χ1) is 7.76. The molecule has 0 aliphatic heterocycles. The Hall–Kier alpha value is -1.29. The van der Waals surface area contributed by atoms with E-state index in [4.69, 9.17) is 4.42 Å². The fourth-order valence-corrected chi connectivity index (χ4v) is 2.19. The second kappa shape index (κ2) is 4.70. The minimum atomic E-state index is -0.279. The molecule has 3 nitrogen and oxygen atoms in total. The van der Waals surface area contributed by atoms with E-state index in [0.717, 1.165) is 23.3 Å². The first kappa shape index (κ1) is 11.2. The Morgan fingerprint density at radius 2 is 2.19 bits per heavy atom. The summed E-state index contributed by atoms with van der Waals surface area (Å²) < 4.78 is 5.17. The SMILES string of the molecule is CCSc1nc2cccc(CC)c2c(=O)o1. The maximum atomic E-state index is 11.8. The minimum Gasteiger partial charge on any atom is -0.397 e. The van der Waals surface area contributed by atoms with Crippen molar-refractivity contribution in [3.05, 3.63) is 34.2 Å². The van der Waals surface area contributed by atoms with Crippen LogP contribution in [0.4, 0.5) is 0 Å². The number of fused-ring (bicyclic) bond motifs is 1. The summed E-state index contributed by atoms with van der Waals surface area (Å²) in [4.78, 5) is 16.2. The van der Waals surface area contributed by atoms with Crippen LogP contribution in [0.3, 0.4) is 0 Å². The van der Waals surface area contributed by atoms with Gasteiger partial charge in [-0.1, -0.05) is 37.7 Å². The number of aryl methyl sites for hydroxylation is 1. The van der Waals surface area contributed by atoms with E-state index in [1.165, 1.54) is 11.8 Å². The highest BCUT2D eigenvalue weighted by atomic mass is 32.2. The molecule has 0 aliphatic rings. The fourth-order valence-electron chi connectivity index (χ4n) is 1.65. The van der Waals surface area contributed by atoms with E-state index in [-0.39, 0.29) is 5.63 Å². The van der Waals surface area contributed by atoms with E-state index in [1.54, 1.807) is 0 Å². The normalized spacial score (nSPS) is 10.9. The monoisotopic (exact) mass is 235 g/mol. The van der Waals surface area contributed by atoms with Gasteiger partial charge in [0.1, 0.15) is 0 Å². The number of hydrogen-bond acceptors (Lipinski definition) is 4. The Labute approximate surface area is 97.9 Å². The van der Waals surface area contributed by atoms with E-state index in [2.05, 4.69) is 4.98 Å². The third-order valence-electron chi connectivity index (χ3n) is 2.37. The van der Waals surface area contributed by atoms with Gasteiger partial charge in [-0.05, 0) is 23.8 Å². The molecule has 0 aliphatic carbocycles. The summed E-state index contributed by atoms with van der Waals surface area (Å²) >= 11 is 1.44. The molecule has 1 aromatic heterocycles. The first-order valence-electron chi connectivity index (χ1n) is 5.31. The highest BCUT2D eigenvalue weighted by Crippen LogP contribution is 2.19. The van der Waals surface area contributed by atoms with Crippen molar-refractivity contribution in [3.63, 3.8) is 0 Å². The molecule has 2 aromatic rings. The van der Waals surface area contributed by atoms with Crippen LogP contribution in [0.2, 0.25) is 0 Å². The van der Waals surface area contributed by atoms with Crippen molar-refractivity contribution in [2.24, 2.45) is 0 Å². The van der Waals surface area contributed by atoms with Gasteiger partial charge >= 0.3 is 5.63 Å². The molecule has 1 aromatic carbocycles. The molecule has 0 bridgehead atoms. The second-order valence-electron chi connectivity index (χ2n) is 3.37. The number of thioether (sulfide) groups is 1. The predicted octanol–water partition coefficient (Wildman–Crippen LogP) is 2.86. The summed E-state index contributed by atoms with van der Waals surface area (Å²) in [6, 6.07) is 5.71. The third kappa shape index (κ3) is 1.97. The van der Waals surface area contributed by atoms with Crippen LogP contribution < -0.4 is 5.63 Å². The predicted molar refractivity (Wildman–Crippen MR) is 66.1 cm³/mol. The number of rotatable bonds is 3. The maximum absolute atomic E-state index is 11.8. The summed E-state index contributed by atoms with van der Waals surface area (Å²) in [7, 11) is 0. The van der Waals surface area contributed by atoms with Gasteiger partial charge in [0.25, 0.3) is 5.22 Å². The Morgan fingerprint density at radius 1 is 1.38 bits per heavy atom. The minimum absolute atomic E-state index is 0.279. The van der Waals surface area contributed by atoms with Crippen LogP contribution >= 0.6 is 11.8 Å². The lowest BCUT2D eigenvalue weighted by atomic mass is 10.1. The lowest BCUT2D eigenvalue weighted by molar-refractivity contribution is 0.401. The van der Waals surface area contributed by atoms with Crippen molar-refractivity contribution >= 4 is 22.7 Å². The molecule has 0 fully saturated rings. The van der Waals surface area contributed by atoms with Gasteiger partial charge in [0.05, 0.1) is 10.9 Å². The number of aromatic nitrogens is 1. The van der Waals surface area contributed by atoms with Gasteiger partial charge in [-0.3, -0.25) is 0 Å². The largest absolute Gasteiger partial charge is 0.397 e. The molecule has 0 spiro atoms. The Kier molecular flexibility index (Phi) is 3.29. The van der Waals surface area contributed by atoms with Gasteiger partial charge in [-0.2, -0.15) is 0 Å². The Balaban J connectivity index is 2.71. The van der Waals surface area contributed by atoms with Crippen LogP contribution in [0.1, 0.15) is 19.4 Å². The van der Waals surface area contributed by atoms with Crippen LogP contribution in [0.15, 0.2) is 32.6 Å². The average molecular weight is 235 g/mol. The summed E-state index contributed by atoms with van der Waals surface area (Å²) in [6.45, 7) is 4.02. The summed E-state index contributed by atoms with van der Waals surface area (Å²) in [5.74, 6) is 0.842. The summed E-state index contributed by atoms with van der Waals surface area (Å²) in [5.41, 5.74) is 1.44. The molecule has 0 radical (unpaired) electrons. The maximum Gasteiger partial charge on any atom is 0.347 e. The standard InChI is InChI=1S/C12H13NO2S/c1-3-8-6-5-7-9-10(8)11(14)15-12(13-9)16-4-2/h5-7H,3-4H2,1-2H3. The van der Waals surface area contributed by atoms with Crippen molar-refractivity contribution < 1.29 is 4.42 Å². The summed E-state index contributed by atoms with van der Waals surface area (Å²) in [5, 5.41) is 1.07. The third-order valence-corrected chi connectivity index (χ3v) is 3.08. The lowest BCUT2D eigenvalue weighted by Gasteiger charge is -2.03. The molecule has 4 heteroatoms. The highest BCUT2D eigenvalue weighted by molar-refractivity contribution is 7.99. The zero-order valence-electron chi connectivity index (χ0n) is 9.32. The van der Waals surface area contributed by atoms with Crippen molar-refractivity contribution in [2.45, 2.75) is 25.5 Å². The first-order valence-corrected chi connectivity index (χ1v) is 6.30. The number of nitrogens with zero attached hydrogens (tertiary/aromatic N) is 1. The fraction of sp³-hybridized carbons (Fsp3) is 0.333. The zero-order valence-corrected chi connectivity index (χ0v) is 10.1. The van der Waals surface area contributed by atoms with Crippen molar-refractivity contribution in [2.75, 3.05) is 5.75 Å². The molecule has 0 N–H and O–H groups in total. The van der Waals surface area contributed by atoms with Crippen LogP contribution in [0.5, 0.6) is 0 Å². The molecule has 16 heavy (non-hydrogen) atoms. The van der Waals surface area contributed by atoms with E-state index in [9.17, 15) is 4.79 Å². The summed E-state index contributed by atoms with van der Waals surface area (Å²) in [6.07, 6.45) is 0.810. The van der Waals surface area contributed by atoms with E-state index in [1.807, 2.05) is 32.0 Å². The van der Waals surface area contributed by atoms with Gasteiger partial charge in [-0.25, -0.2) is 9.78 Å². The van der Waals surface area contributed by atoms with Crippen LogP contribution in [-0.2, 0) is 6.42 Å². The Bertz CT molecular complexity index is 562. The molecule has 2 rings (SSSR count). The van der Waals surface area contributed by atoms with Gasteiger partial charge in [0.15, 0.2) is 0 Å². The molecule has 84 valence electrons. The molecule has 0 amide bonds. The quantitative estimate of drug-likeness (QED) is 0.767. The van der Waals surface area contributed by atoms with Crippen molar-refractivity contribution in [3.8, 4) is 0 Å². The van der Waals surface area contributed by atoms with Gasteiger partial charge in [0, 0.05) is 0 Å². The highest BCUT2D eigenvalue weighted by Gasteiger charge is 2.09. The van der Waals surface area contributed by atoms with E-state index >= 15 is 0 Å². The lowest BCUT2D eigenvalue weighted by Crippen LogP contribution is -2.05. The molecule has 0 unspecified atom stereocenters. The number of hydrogen-bond donors (Lipinski definition) is 0. The van der Waals surface area contributed by atoms with E-state index < -0.39 is 0 Å². The smallest absolute Gasteiger partial charge is 0.347 e. The van der Waals surface area contributed by atoms with Crippen molar-refractivity contribution in [1.82, 2.24) is 4.98 Å². The van der Waals surface area contributed by atoms with Crippen LogP contribution in [-0.4, -0.2) is 10.7 Å². The number of benzene rings is 1. The Morgan fingerprint density at radius 3 is 2.88 bits per heavy atom. The van der Waals surface area contributed by atoms with Crippen LogP contribution in [0, 0.1) is 0 Å². The molecular formula is C12H13NO2S.